The number of aromatic nitrogens is 2. The summed E-state index contributed by atoms with van der Waals surface area (Å²) in [6.07, 6.45) is 4.45. The van der Waals surface area contributed by atoms with Crippen molar-refractivity contribution in [3.8, 4) is 11.7 Å². The zero-order valence-corrected chi connectivity index (χ0v) is 11.4. The molecule has 1 N–H and O–H groups in total. The number of aryl methyl sites for hydroxylation is 1. The number of hydrogen-bond donors (Lipinski definition) is 1. The molecule has 1 fully saturated rings. The Morgan fingerprint density at radius 1 is 1.28 bits per heavy atom. The third-order valence-electron chi connectivity index (χ3n) is 2.83. The van der Waals surface area contributed by atoms with E-state index in [9.17, 15) is 0 Å². The van der Waals surface area contributed by atoms with Crippen molar-refractivity contribution in [3.05, 3.63) is 22.7 Å². The predicted molar refractivity (Wildman–Crippen MR) is 69.0 cm³/mol. The summed E-state index contributed by atoms with van der Waals surface area (Å²) in [5.41, 5.74) is 0. The molecular weight excluding hydrogens is 298 g/mol. The van der Waals surface area contributed by atoms with Gasteiger partial charge in [0.25, 0.3) is 5.89 Å². The molecule has 0 unspecified atom stereocenters. The summed E-state index contributed by atoms with van der Waals surface area (Å²) in [4.78, 5) is 0. The molecule has 2 heterocycles. The highest BCUT2D eigenvalue weighted by Gasteiger charge is 2.19. The van der Waals surface area contributed by atoms with Crippen molar-refractivity contribution in [1.29, 1.82) is 0 Å². The third kappa shape index (κ3) is 3.00. The van der Waals surface area contributed by atoms with E-state index >= 15 is 0 Å². The second-order valence-electron chi connectivity index (χ2n) is 4.44. The highest BCUT2D eigenvalue weighted by molar-refractivity contribution is 9.10. The van der Waals surface area contributed by atoms with Crippen LogP contribution in [0.25, 0.3) is 11.7 Å². The lowest BCUT2D eigenvalue weighted by Gasteiger charge is -1.99. The molecular formula is C12H14BrN3O2. The third-order valence-corrected chi connectivity index (χ3v) is 3.25. The number of furan rings is 1. The molecule has 0 amide bonds. The molecule has 18 heavy (non-hydrogen) atoms. The Hall–Kier alpha value is -1.14. The van der Waals surface area contributed by atoms with Crippen molar-refractivity contribution < 1.29 is 8.83 Å². The van der Waals surface area contributed by atoms with Gasteiger partial charge in [0.05, 0.1) is 0 Å². The van der Waals surface area contributed by atoms with E-state index in [0.717, 1.165) is 25.4 Å². The molecule has 6 heteroatoms. The average Bonchev–Trinajstić information content (AvgIpc) is 2.88. The lowest BCUT2D eigenvalue weighted by molar-refractivity contribution is 0.466. The van der Waals surface area contributed by atoms with Crippen LogP contribution < -0.4 is 5.32 Å². The zero-order valence-electron chi connectivity index (χ0n) is 9.86. The first-order valence-electron chi connectivity index (χ1n) is 6.13. The van der Waals surface area contributed by atoms with Crippen LogP contribution in [0.5, 0.6) is 0 Å². The molecule has 3 rings (SSSR count). The van der Waals surface area contributed by atoms with Crippen LogP contribution in [-0.4, -0.2) is 22.8 Å². The topological polar surface area (TPSA) is 64.1 Å². The van der Waals surface area contributed by atoms with Gasteiger partial charge in [-0.2, -0.15) is 0 Å². The van der Waals surface area contributed by atoms with Crippen LogP contribution in [-0.2, 0) is 6.42 Å². The van der Waals surface area contributed by atoms with Crippen LogP contribution in [0.2, 0.25) is 0 Å². The minimum Gasteiger partial charge on any atom is -0.444 e. The summed E-state index contributed by atoms with van der Waals surface area (Å²) < 4.78 is 11.6. The molecule has 0 radical (unpaired) electrons. The Bertz CT molecular complexity index is 519. The molecule has 2 aromatic rings. The molecule has 0 spiro atoms. The minimum absolute atomic E-state index is 0.436. The fourth-order valence-electron chi connectivity index (χ4n) is 1.72. The van der Waals surface area contributed by atoms with Gasteiger partial charge in [0, 0.05) is 12.5 Å². The van der Waals surface area contributed by atoms with E-state index in [2.05, 4.69) is 31.4 Å². The number of nitrogens with zero attached hydrogens (tertiary/aromatic N) is 2. The van der Waals surface area contributed by atoms with Crippen LogP contribution in [0.1, 0.15) is 25.2 Å². The predicted octanol–water partition coefficient (Wildman–Crippen LogP) is 2.78. The van der Waals surface area contributed by atoms with Gasteiger partial charge in [-0.1, -0.05) is 0 Å². The van der Waals surface area contributed by atoms with Crippen molar-refractivity contribution in [1.82, 2.24) is 15.5 Å². The summed E-state index contributed by atoms with van der Waals surface area (Å²) in [5.74, 6) is 1.69. The van der Waals surface area contributed by atoms with Crippen LogP contribution in [0.4, 0.5) is 0 Å². The molecule has 0 saturated heterocycles. The van der Waals surface area contributed by atoms with Crippen LogP contribution in [0.15, 0.2) is 25.6 Å². The normalized spacial score (nSPS) is 15.2. The van der Waals surface area contributed by atoms with Gasteiger partial charge in [0.2, 0.25) is 5.89 Å². The zero-order chi connectivity index (χ0) is 12.4. The Morgan fingerprint density at radius 2 is 2.17 bits per heavy atom. The van der Waals surface area contributed by atoms with Gasteiger partial charge in [-0.15, -0.1) is 10.2 Å². The first-order chi connectivity index (χ1) is 8.81. The van der Waals surface area contributed by atoms with E-state index < -0.39 is 0 Å². The maximum atomic E-state index is 5.54. The minimum atomic E-state index is 0.436. The molecule has 1 aliphatic rings. The smallest absolute Gasteiger partial charge is 0.283 e. The van der Waals surface area contributed by atoms with E-state index in [0.29, 0.717) is 22.2 Å². The van der Waals surface area contributed by atoms with Gasteiger partial charge in [0.15, 0.2) is 10.4 Å². The van der Waals surface area contributed by atoms with Crippen molar-refractivity contribution in [2.45, 2.75) is 31.7 Å². The van der Waals surface area contributed by atoms with Crippen molar-refractivity contribution in [2.75, 3.05) is 6.54 Å². The van der Waals surface area contributed by atoms with Gasteiger partial charge in [0.1, 0.15) is 0 Å². The molecule has 1 saturated carbocycles. The second-order valence-corrected chi connectivity index (χ2v) is 5.22. The fourth-order valence-corrected chi connectivity index (χ4v) is 2.02. The molecule has 1 aliphatic carbocycles. The monoisotopic (exact) mass is 311 g/mol. The van der Waals surface area contributed by atoms with E-state index in [-0.39, 0.29) is 0 Å². The number of hydrogen-bond acceptors (Lipinski definition) is 5. The lowest BCUT2D eigenvalue weighted by atomic mass is 10.3. The highest BCUT2D eigenvalue weighted by Crippen LogP contribution is 2.24. The summed E-state index contributed by atoms with van der Waals surface area (Å²) in [6, 6.07) is 4.36. The molecule has 5 nitrogen and oxygen atoms in total. The van der Waals surface area contributed by atoms with E-state index in [1.807, 2.05) is 0 Å². The van der Waals surface area contributed by atoms with Crippen LogP contribution in [0, 0.1) is 0 Å². The van der Waals surface area contributed by atoms with Crippen molar-refractivity contribution in [2.24, 2.45) is 0 Å². The maximum Gasteiger partial charge on any atom is 0.283 e. The quantitative estimate of drug-likeness (QED) is 0.831. The highest BCUT2D eigenvalue weighted by atomic mass is 79.9. The van der Waals surface area contributed by atoms with Gasteiger partial charge < -0.3 is 14.2 Å². The number of nitrogens with one attached hydrogen (secondary N) is 1. The van der Waals surface area contributed by atoms with Gasteiger partial charge in [-0.05, 0) is 53.9 Å². The maximum absolute atomic E-state index is 5.54. The molecule has 0 atom stereocenters. The van der Waals surface area contributed by atoms with Crippen LogP contribution in [0.3, 0.4) is 0 Å². The number of rotatable bonds is 6. The summed E-state index contributed by atoms with van der Waals surface area (Å²) >= 11 is 3.24. The van der Waals surface area contributed by atoms with Gasteiger partial charge in [-0.25, -0.2) is 0 Å². The average molecular weight is 312 g/mol. The van der Waals surface area contributed by atoms with Crippen molar-refractivity contribution in [3.63, 3.8) is 0 Å². The van der Waals surface area contributed by atoms with Gasteiger partial charge in [-0.3, -0.25) is 0 Å². The Balaban J connectivity index is 1.52. The first-order valence-corrected chi connectivity index (χ1v) is 6.92. The van der Waals surface area contributed by atoms with Gasteiger partial charge >= 0.3 is 0 Å². The van der Waals surface area contributed by atoms with E-state index in [4.69, 9.17) is 8.83 Å². The fraction of sp³-hybridized carbons (Fsp3) is 0.500. The van der Waals surface area contributed by atoms with E-state index in [1.165, 1.54) is 12.8 Å². The largest absolute Gasteiger partial charge is 0.444 e. The molecule has 0 aliphatic heterocycles. The molecule has 2 aromatic heterocycles. The molecule has 96 valence electrons. The second kappa shape index (κ2) is 5.24. The molecule has 0 aromatic carbocycles. The standard InChI is InChI=1S/C12H14BrN3O2/c13-10-6-5-9(17-10)12-16-15-11(18-12)2-1-7-14-8-3-4-8/h5-6,8,14H,1-4,7H2. The van der Waals surface area contributed by atoms with Crippen molar-refractivity contribution >= 4 is 15.9 Å². The number of halogens is 1. The Labute approximate surface area is 113 Å². The van der Waals surface area contributed by atoms with Crippen LogP contribution >= 0.6 is 15.9 Å². The summed E-state index contributed by atoms with van der Waals surface area (Å²) in [5, 5.41) is 11.4. The summed E-state index contributed by atoms with van der Waals surface area (Å²) in [7, 11) is 0. The lowest BCUT2D eigenvalue weighted by Crippen LogP contribution is -2.17. The summed E-state index contributed by atoms with van der Waals surface area (Å²) in [6.45, 7) is 1.01. The Morgan fingerprint density at radius 3 is 2.89 bits per heavy atom. The first kappa shape index (κ1) is 11.9. The Kier molecular flexibility index (Phi) is 3.47. The SMILES string of the molecule is Brc1ccc(-c2nnc(CCCNC3CC3)o2)o1. The molecule has 0 bridgehead atoms. The van der Waals surface area contributed by atoms with E-state index in [1.54, 1.807) is 12.1 Å².